The molecule has 3 heterocycles. The van der Waals surface area contributed by atoms with E-state index in [-0.39, 0.29) is 0 Å². The second-order valence-electron chi connectivity index (χ2n) is 7.30. The van der Waals surface area contributed by atoms with Crippen LogP contribution in [0.4, 0.5) is 0 Å². The summed E-state index contributed by atoms with van der Waals surface area (Å²) in [5.41, 5.74) is 5.44. The largest absolute Gasteiger partial charge is 0.361 e. The highest BCUT2D eigenvalue weighted by Gasteiger charge is 2.40. The molecule has 0 aliphatic carbocycles. The molecule has 140 valence electrons. The Kier molecular flexibility index (Phi) is 3.64. The van der Waals surface area contributed by atoms with Crippen molar-refractivity contribution in [3.63, 3.8) is 0 Å². The van der Waals surface area contributed by atoms with Gasteiger partial charge >= 0.3 is 0 Å². The van der Waals surface area contributed by atoms with Crippen molar-refractivity contribution in [3.8, 4) is 0 Å². The van der Waals surface area contributed by atoms with Gasteiger partial charge < -0.3 is 9.97 Å². The molecule has 0 fully saturated rings. The van der Waals surface area contributed by atoms with Gasteiger partial charge in [0.05, 0.1) is 0 Å². The molecule has 0 spiro atoms. The fourth-order valence-corrected chi connectivity index (χ4v) is 5.94. The number of H-pyrrole nitrogens is 2. The van der Waals surface area contributed by atoms with E-state index in [1.165, 1.54) is 10.1 Å². The second-order valence-corrected chi connectivity index (χ2v) is 8.78. The van der Waals surface area contributed by atoms with Crippen molar-refractivity contribution < 1.29 is 0 Å². The molecule has 4 heteroatoms. The fraction of sp³-hybridized carbons (Fsp3) is 0.0400. The number of alkyl halides is 1. The minimum Gasteiger partial charge on any atom is -0.361 e. The lowest BCUT2D eigenvalue weighted by atomic mass is 9.83. The molecule has 2 nitrogen and oxygen atoms in total. The first kappa shape index (κ1) is 16.9. The minimum absolute atomic E-state index is 0.821. The summed E-state index contributed by atoms with van der Waals surface area (Å²) in [4.78, 5) is 6.02. The van der Waals surface area contributed by atoms with Gasteiger partial charge in [-0.1, -0.05) is 54.6 Å². The molecule has 0 amide bonds. The molecule has 0 aliphatic heterocycles. The lowest BCUT2D eigenvalue weighted by Crippen LogP contribution is -2.21. The average Bonchev–Trinajstić information content (AvgIpc) is 3.49. The van der Waals surface area contributed by atoms with Gasteiger partial charge in [0.2, 0.25) is 0 Å². The van der Waals surface area contributed by atoms with E-state index in [9.17, 15) is 0 Å². The fourth-order valence-electron chi connectivity index (χ4n) is 4.39. The van der Waals surface area contributed by atoms with Gasteiger partial charge in [-0.05, 0) is 29.0 Å². The molecule has 0 bridgehead atoms. The summed E-state index contributed by atoms with van der Waals surface area (Å²) in [5, 5.41) is 5.69. The Morgan fingerprint density at radius 3 is 1.76 bits per heavy atom. The Bertz CT molecular complexity index is 1310. The van der Waals surface area contributed by atoms with Crippen LogP contribution in [0.1, 0.15) is 16.7 Å². The molecule has 0 aliphatic rings. The first-order valence-corrected chi connectivity index (χ1v) is 10.8. The Hall–Kier alpha value is -3.01. The van der Waals surface area contributed by atoms with Crippen molar-refractivity contribution in [2.75, 3.05) is 0 Å². The van der Waals surface area contributed by atoms with Crippen LogP contribution in [0.5, 0.6) is 0 Å². The highest BCUT2D eigenvalue weighted by Crippen LogP contribution is 2.51. The molecular weight excluding hydrogens is 396 g/mol. The van der Waals surface area contributed by atoms with Crippen LogP contribution in [-0.4, -0.2) is 9.97 Å². The maximum absolute atomic E-state index is 7.74. The van der Waals surface area contributed by atoms with Crippen molar-refractivity contribution in [3.05, 3.63) is 107 Å². The van der Waals surface area contributed by atoms with Gasteiger partial charge in [-0.2, -0.15) is 0 Å². The minimum atomic E-state index is -0.821. The Balaban J connectivity index is 1.76. The average molecular weight is 413 g/mol. The van der Waals surface area contributed by atoms with Crippen molar-refractivity contribution in [2.24, 2.45) is 0 Å². The van der Waals surface area contributed by atoms with E-state index < -0.39 is 4.87 Å². The third kappa shape index (κ3) is 2.35. The predicted octanol–water partition coefficient (Wildman–Crippen LogP) is 7.39. The van der Waals surface area contributed by atoms with Crippen LogP contribution in [0.2, 0.25) is 0 Å². The number of aromatic amines is 2. The summed E-state index contributed by atoms with van der Waals surface area (Å²) in [6, 6.07) is 25.2. The normalized spacial score (nSPS) is 12.3. The summed E-state index contributed by atoms with van der Waals surface area (Å²) in [6.07, 6.45) is 4.12. The zero-order valence-corrected chi connectivity index (χ0v) is 17.0. The van der Waals surface area contributed by atoms with Gasteiger partial charge in [-0.25, -0.2) is 0 Å². The number of rotatable bonds is 3. The Labute approximate surface area is 176 Å². The van der Waals surface area contributed by atoms with Crippen LogP contribution < -0.4 is 0 Å². The SMILES string of the molecule is ClC(c1c[nH]c2ccccc12)(c1c[nH]c2ccccc12)c1csc2ccccc12. The lowest BCUT2D eigenvalue weighted by Gasteiger charge is -2.27. The van der Waals surface area contributed by atoms with Gasteiger partial charge in [-0.15, -0.1) is 22.9 Å². The predicted molar refractivity (Wildman–Crippen MR) is 124 cm³/mol. The zero-order valence-electron chi connectivity index (χ0n) is 15.4. The molecule has 3 aromatic carbocycles. The summed E-state index contributed by atoms with van der Waals surface area (Å²) in [7, 11) is 0. The molecule has 2 N–H and O–H groups in total. The van der Waals surface area contributed by atoms with Crippen LogP contribution in [-0.2, 0) is 4.87 Å². The summed E-state index contributed by atoms with van der Waals surface area (Å²) >= 11 is 9.48. The smallest absolute Gasteiger partial charge is 0.125 e. The molecule has 6 rings (SSSR count). The van der Waals surface area contributed by atoms with Gasteiger partial charge in [0.15, 0.2) is 0 Å². The number of nitrogens with one attached hydrogen (secondary N) is 2. The molecular formula is C25H17ClN2S. The van der Waals surface area contributed by atoms with E-state index in [1.807, 2.05) is 12.1 Å². The van der Waals surface area contributed by atoms with Crippen molar-refractivity contribution in [1.82, 2.24) is 9.97 Å². The van der Waals surface area contributed by atoms with Crippen LogP contribution in [0.25, 0.3) is 31.9 Å². The van der Waals surface area contributed by atoms with E-state index in [0.717, 1.165) is 38.5 Å². The quantitative estimate of drug-likeness (QED) is 0.284. The Morgan fingerprint density at radius 2 is 1.14 bits per heavy atom. The van der Waals surface area contributed by atoms with Crippen LogP contribution >= 0.6 is 22.9 Å². The van der Waals surface area contributed by atoms with E-state index in [1.54, 1.807) is 11.3 Å². The molecule has 0 radical (unpaired) electrons. The maximum atomic E-state index is 7.74. The highest BCUT2D eigenvalue weighted by atomic mass is 35.5. The van der Waals surface area contributed by atoms with Crippen molar-refractivity contribution in [2.45, 2.75) is 4.87 Å². The molecule has 3 aromatic heterocycles. The number of hydrogen-bond acceptors (Lipinski definition) is 1. The Morgan fingerprint density at radius 1 is 0.621 bits per heavy atom. The molecule has 0 saturated heterocycles. The lowest BCUT2D eigenvalue weighted by molar-refractivity contribution is 0.913. The third-order valence-electron chi connectivity index (χ3n) is 5.77. The van der Waals surface area contributed by atoms with Gasteiger partial charge in [0, 0.05) is 55.6 Å². The first-order valence-electron chi connectivity index (χ1n) is 9.55. The summed E-state index contributed by atoms with van der Waals surface area (Å²) in [6.45, 7) is 0. The number of para-hydroxylation sites is 2. The van der Waals surface area contributed by atoms with E-state index >= 15 is 0 Å². The summed E-state index contributed by atoms with van der Waals surface area (Å²) in [5.74, 6) is 0. The molecule has 6 aromatic rings. The standard InChI is InChI=1S/C25H17ClN2S/c26-25(19-13-27-22-10-4-1-7-16(19)22,20-14-28-23-11-5-2-8-17(20)23)21-15-29-24-12-6-3-9-18(21)24/h1-15,27-28H. The van der Waals surface area contributed by atoms with E-state index in [4.69, 9.17) is 11.6 Å². The van der Waals surface area contributed by atoms with Crippen molar-refractivity contribution in [1.29, 1.82) is 0 Å². The molecule has 0 saturated carbocycles. The highest BCUT2D eigenvalue weighted by molar-refractivity contribution is 7.17. The zero-order chi connectivity index (χ0) is 19.4. The number of benzene rings is 3. The number of hydrogen-bond donors (Lipinski definition) is 2. The molecule has 0 unspecified atom stereocenters. The van der Waals surface area contributed by atoms with Crippen LogP contribution in [0.15, 0.2) is 90.6 Å². The summed E-state index contributed by atoms with van der Waals surface area (Å²) < 4.78 is 1.24. The maximum Gasteiger partial charge on any atom is 0.125 e. The molecule has 0 atom stereocenters. The topological polar surface area (TPSA) is 31.6 Å². The van der Waals surface area contributed by atoms with Crippen molar-refractivity contribution >= 4 is 54.8 Å². The number of fused-ring (bicyclic) bond motifs is 3. The third-order valence-corrected chi connectivity index (χ3v) is 7.35. The van der Waals surface area contributed by atoms with Crippen LogP contribution in [0, 0.1) is 0 Å². The number of aromatic nitrogens is 2. The van der Waals surface area contributed by atoms with Gasteiger partial charge in [0.25, 0.3) is 0 Å². The van der Waals surface area contributed by atoms with Gasteiger partial charge in [-0.3, -0.25) is 0 Å². The van der Waals surface area contributed by atoms with E-state index in [0.29, 0.717) is 0 Å². The van der Waals surface area contributed by atoms with Gasteiger partial charge in [0.1, 0.15) is 4.87 Å². The van der Waals surface area contributed by atoms with E-state index in [2.05, 4.69) is 88.4 Å². The monoisotopic (exact) mass is 412 g/mol. The van der Waals surface area contributed by atoms with Crippen LogP contribution in [0.3, 0.4) is 0 Å². The first-order chi connectivity index (χ1) is 14.3. The second kappa shape index (κ2) is 6.24. The molecule has 29 heavy (non-hydrogen) atoms. The number of halogens is 1. The number of thiophene rings is 1.